The molecule has 0 unspecified atom stereocenters. The number of nitro benzene ring substituents is 1. The number of halogens is 1. The number of nitrogens with one attached hydrogen (secondary N) is 1. The average Bonchev–Trinajstić information content (AvgIpc) is 3.19. The second kappa shape index (κ2) is 8.65. The second-order valence-corrected chi connectivity index (χ2v) is 7.63. The van der Waals surface area contributed by atoms with Crippen LogP contribution in [-0.4, -0.2) is 31.5 Å². The normalized spacial score (nSPS) is 11.1. The van der Waals surface area contributed by atoms with E-state index in [1.807, 2.05) is 30.3 Å². The van der Waals surface area contributed by atoms with Gasteiger partial charge in [0, 0.05) is 18.5 Å². The van der Waals surface area contributed by atoms with E-state index in [2.05, 4.69) is 15.3 Å². The van der Waals surface area contributed by atoms with E-state index in [0.29, 0.717) is 5.56 Å². The molecule has 2 aromatic heterocycles. The number of fused-ring (bicyclic) bond motifs is 1. The Morgan fingerprint density at radius 2 is 2.00 bits per heavy atom. The summed E-state index contributed by atoms with van der Waals surface area (Å²) in [5.74, 6) is -1.17. The molecule has 0 aliphatic carbocycles. The second-order valence-electron chi connectivity index (χ2n) is 7.63. The fourth-order valence-corrected chi connectivity index (χ4v) is 3.36. The van der Waals surface area contributed by atoms with E-state index in [4.69, 9.17) is 4.74 Å². The Morgan fingerprint density at radius 3 is 2.73 bits per heavy atom. The molecule has 9 nitrogen and oxygen atoms in total. The predicted molar refractivity (Wildman–Crippen MR) is 120 cm³/mol. The van der Waals surface area contributed by atoms with Crippen molar-refractivity contribution in [3.05, 3.63) is 81.9 Å². The molecule has 0 saturated heterocycles. The number of nitro groups is 1. The molecule has 2 aromatic carbocycles. The largest absolute Gasteiger partial charge is 0.459 e. The van der Waals surface area contributed by atoms with Gasteiger partial charge >= 0.3 is 11.7 Å². The van der Waals surface area contributed by atoms with Gasteiger partial charge in [0.15, 0.2) is 5.82 Å². The van der Waals surface area contributed by atoms with Gasteiger partial charge in [0.25, 0.3) is 0 Å². The monoisotopic (exact) mass is 449 g/mol. The minimum absolute atomic E-state index is 0.0767. The Balaban J connectivity index is 1.82. The Hall–Kier alpha value is -4.34. The number of hydrogen-bond acceptors (Lipinski definition) is 7. The molecule has 0 aliphatic rings. The third kappa shape index (κ3) is 4.36. The van der Waals surface area contributed by atoms with E-state index in [1.54, 1.807) is 31.5 Å². The smallest absolute Gasteiger partial charge is 0.343 e. The summed E-state index contributed by atoms with van der Waals surface area (Å²) < 4.78 is 21.0. The Bertz CT molecular complexity index is 1380. The summed E-state index contributed by atoms with van der Waals surface area (Å²) in [5.41, 5.74) is 0.991. The van der Waals surface area contributed by atoms with Crippen LogP contribution >= 0.6 is 0 Å². The summed E-state index contributed by atoms with van der Waals surface area (Å²) in [6.45, 7) is 5.08. The van der Waals surface area contributed by atoms with Crippen LogP contribution in [0.1, 0.15) is 29.8 Å². The Labute approximate surface area is 188 Å². The predicted octanol–water partition coefficient (Wildman–Crippen LogP) is 5.09. The van der Waals surface area contributed by atoms with E-state index in [9.17, 15) is 19.3 Å². The van der Waals surface area contributed by atoms with Gasteiger partial charge in [-0.05, 0) is 49.9 Å². The molecular formula is C23H20FN5O4. The number of para-hydroxylation sites is 1. The van der Waals surface area contributed by atoms with Gasteiger partial charge in [-0.25, -0.2) is 9.78 Å². The van der Waals surface area contributed by atoms with Crippen molar-refractivity contribution in [2.24, 2.45) is 0 Å². The molecule has 0 amide bonds. The van der Waals surface area contributed by atoms with E-state index in [0.717, 1.165) is 23.0 Å². The summed E-state index contributed by atoms with van der Waals surface area (Å²) in [7, 11) is 0. The van der Waals surface area contributed by atoms with Crippen molar-refractivity contribution in [3.8, 4) is 5.82 Å². The van der Waals surface area contributed by atoms with E-state index in [1.165, 1.54) is 6.20 Å². The van der Waals surface area contributed by atoms with Crippen LogP contribution in [0.2, 0.25) is 0 Å². The first-order chi connectivity index (χ1) is 15.7. The highest BCUT2D eigenvalue weighted by Gasteiger charge is 2.21. The first kappa shape index (κ1) is 21.9. The number of rotatable bonds is 6. The van der Waals surface area contributed by atoms with Crippen LogP contribution in [0.3, 0.4) is 0 Å². The van der Waals surface area contributed by atoms with Crippen LogP contribution in [-0.2, 0) is 4.74 Å². The first-order valence-corrected chi connectivity index (χ1v) is 10.1. The molecule has 0 bridgehead atoms. The van der Waals surface area contributed by atoms with Gasteiger partial charge in [0.05, 0.1) is 22.2 Å². The molecule has 4 rings (SSSR count). The highest BCUT2D eigenvalue weighted by atomic mass is 19.1. The molecule has 0 fully saturated rings. The SMILES string of the molecule is Cc1cc(F)c([N+](=O)[O-])cc1Nc1ncc(C(=O)OC(C)C)c(-n2ccc3ccccc32)n1. The van der Waals surface area contributed by atoms with Crippen LogP contribution in [0.15, 0.2) is 54.9 Å². The molecule has 168 valence electrons. The molecule has 0 radical (unpaired) electrons. The summed E-state index contributed by atoms with van der Waals surface area (Å²) in [5, 5.41) is 15.0. The third-order valence-electron chi connectivity index (χ3n) is 4.90. The Morgan fingerprint density at radius 1 is 1.24 bits per heavy atom. The number of aromatic nitrogens is 3. The van der Waals surface area contributed by atoms with Gasteiger partial charge in [-0.1, -0.05) is 18.2 Å². The van der Waals surface area contributed by atoms with Gasteiger partial charge in [-0.15, -0.1) is 0 Å². The molecule has 4 aromatic rings. The standard InChI is InChI=1S/C23H20FN5O4/c1-13(2)33-22(30)16-12-25-23(26-18-11-20(29(31)32)17(24)10-14(18)3)27-21(16)28-9-8-15-6-4-5-7-19(15)28/h4-13H,1-3H3,(H,25,26,27). The van der Waals surface area contributed by atoms with Crippen molar-refractivity contribution in [1.29, 1.82) is 0 Å². The molecule has 0 saturated carbocycles. The summed E-state index contributed by atoms with van der Waals surface area (Å²) in [6.07, 6.45) is 2.76. The number of nitrogens with zero attached hydrogens (tertiary/aromatic N) is 4. The number of hydrogen-bond donors (Lipinski definition) is 1. The van der Waals surface area contributed by atoms with Crippen molar-refractivity contribution >= 4 is 34.2 Å². The fourth-order valence-electron chi connectivity index (χ4n) is 3.36. The minimum Gasteiger partial charge on any atom is -0.459 e. The topological polar surface area (TPSA) is 112 Å². The van der Waals surface area contributed by atoms with Gasteiger partial charge in [-0.3, -0.25) is 10.1 Å². The summed E-state index contributed by atoms with van der Waals surface area (Å²) >= 11 is 0. The number of carbonyl (C=O) groups excluding carboxylic acids is 1. The minimum atomic E-state index is -0.935. The van der Waals surface area contributed by atoms with Crippen LogP contribution in [0.25, 0.3) is 16.7 Å². The van der Waals surface area contributed by atoms with Crippen LogP contribution in [0.5, 0.6) is 0 Å². The maximum atomic E-state index is 13.9. The van der Waals surface area contributed by atoms with Gasteiger partial charge in [0.2, 0.25) is 11.8 Å². The molecule has 1 N–H and O–H groups in total. The summed E-state index contributed by atoms with van der Waals surface area (Å²) in [6, 6.07) is 11.6. The lowest BCUT2D eigenvalue weighted by atomic mass is 10.1. The van der Waals surface area contributed by atoms with Gasteiger partial charge in [0.1, 0.15) is 5.56 Å². The lowest BCUT2D eigenvalue weighted by molar-refractivity contribution is -0.387. The maximum Gasteiger partial charge on any atom is 0.343 e. The maximum absolute atomic E-state index is 13.9. The van der Waals surface area contributed by atoms with E-state index in [-0.39, 0.29) is 29.1 Å². The molecule has 33 heavy (non-hydrogen) atoms. The van der Waals surface area contributed by atoms with Crippen LogP contribution in [0, 0.1) is 22.9 Å². The van der Waals surface area contributed by atoms with E-state index < -0.39 is 22.4 Å². The van der Waals surface area contributed by atoms with Crippen LogP contribution in [0.4, 0.5) is 21.7 Å². The molecular weight excluding hydrogens is 429 g/mol. The number of anilines is 2. The average molecular weight is 449 g/mol. The molecule has 0 aliphatic heterocycles. The van der Waals surface area contributed by atoms with E-state index >= 15 is 0 Å². The van der Waals surface area contributed by atoms with Crippen molar-refractivity contribution in [2.75, 3.05) is 5.32 Å². The van der Waals surface area contributed by atoms with Gasteiger partial charge in [-0.2, -0.15) is 9.37 Å². The van der Waals surface area contributed by atoms with Crippen molar-refractivity contribution < 1.29 is 18.8 Å². The summed E-state index contributed by atoms with van der Waals surface area (Å²) in [4.78, 5) is 31.8. The first-order valence-electron chi connectivity index (χ1n) is 10.1. The fraction of sp³-hybridized carbons (Fsp3) is 0.174. The Kier molecular flexibility index (Phi) is 5.74. The third-order valence-corrected chi connectivity index (χ3v) is 4.90. The zero-order valence-electron chi connectivity index (χ0n) is 18.1. The number of ether oxygens (including phenoxy) is 1. The molecule has 10 heteroatoms. The number of carbonyl (C=O) groups is 1. The molecule has 0 atom stereocenters. The van der Waals surface area contributed by atoms with Crippen molar-refractivity contribution in [1.82, 2.24) is 14.5 Å². The molecule has 0 spiro atoms. The van der Waals surface area contributed by atoms with Crippen molar-refractivity contribution in [2.45, 2.75) is 26.9 Å². The lowest BCUT2D eigenvalue weighted by Crippen LogP contribution is -2.16. The highest BCUT2D eigenvalue weighted by molar-refractivity contribution is 5.94. The number of aryl methyl sites for hydroxylation is 1. The zero-order valence-corrected chi connectivity index (χ0v) is 18.1. The lowest BCUT2D eigenvalue weighted by Gasteiger charge is -2.14. The van der Waals surface area contributed by atoms with Crippen molar-refractivity contribution in [3.63, 3.8) is 0 Å². The quantitative estimate of drug-likeness (QED) is 0.248. The van der Waals surface area contributed by atoms with Gasteiger partial charge < -0.3 is 14.6 Å². The number of benzene rings is 2. The number of esters is 1. The zero-order chi connectivity index (χ0) is 23.7. The highest BCUT2D eigenvalue weighted by Crippen LogP contribution is 2.28. The molecule has 2 heterocycles. The van der Waals surface area contributed by atoms with Crippen LogP contribution < -0.4 is 5.32 Å².